The molecule has 0 fully saturated rings. The highest BCUT2D eigenvalue weighted by molar-refractivity contribution is 5.20. The molecule has 0 aliphatic rings. The Hall–Kier alpha value is -0.930. The molecule has 1 aromatic rings. The van der Waals surface area contributed by atoms with E-state index in [0.29, 0.717) is 0 Å². The van der Waals surface area contributed by atoms with Gasteiger partial charge in [-0.1, -0.05) is 0 Å². The van der Waals surface area contributed by atoms with Crippen LogP contribution in [-0.4, -0.2) is 24.7 Å². The molecule has 84 valence electrons. The summed E-state index contributed by atoms with van der Waals surface area (Å²) in [6, 6.07) is 2.06. The van der Waals surface area contributed by atoms with E-state index in [-0.39, 0.29) is 0 Å². The van der Waals surface area contributed by atoms with Gasteiger partial charge in [0.25, 0.3) is 0 Å². The summed E-state index contributed by atoms with van der Waals surface area (Å²) in [6.45, 7) is 7.68. The van der Waals surface area contributed by atoms with Gasteiger partial charge in [-0.3, -0.25) is 4.98 Å². The minimum atomic E-state index is 0.809. The van der Waals surface area contributed by atoms with E-state index < -0.39 is 0 Å². The van der Waals surface area contributed by atoms with Crippen LogP contribution in [0.15, 0.2) is 18.5 Å². The molecule has 0 unspecified atom stereocenters. The van der Waals surface area contributed by atoms with Gasteiger partial charge in [-0.25, -0.2) is 0 Å². The number of rotatable bonds is 7. The van der Waals surface area contributed by atoms with Gasteiger partial charge in [0.05, 0.1) is 0 Å². The van der Waals surface area contributed by atoms with Gasteiger partial charge in [-0.15, -0.1) is 0 Å². The first-order chi connectivity index (χ1) is 7.34. The summed E-state index contributed by atoms with van der Waals surface area (Å²) < 4.78 is 5.26. The minimum Gasteiger partial charge on any atom is -0.382 e. The van der Waals surface area contributed by atoms with Gasteiger partial charge in [0.15, 0.2) is 0 Å². The first kappa shape index (κ1) is 12.1. The number of ether oxygens (including phenoxy) is 1. The predicted octanol–water partition coefficient (Wildman–Crippen LogP) is 1.91. The van der Waals surface area contributed by atoms with Crippen molar-refractivity contribution in [1.82, 2.24) is 10.3 Å². The van der Waals surface area contributed by atoms with Crippen molar-refractivity contribution in [2.45, 2.75) is 26.8 Å². The van der Waals surface area contributed by atoms with Gasteiger partial charge >= 0.3 is 0 Å². The van der Waals surface area contributed by atoms with Crippen LogP contribution in [0, 0.1) is 6.92 Å². The summed E-state index contributed by atoms with van der Waals surface area (Å²) in [5, 5.41) is 3.39. The number of aromatic nitrogens is 1. The smallest absolute Gasteiger partial charge is 0.0477 e. The van der Waals surface area contributed by atoms with Crippen molar-refractivity contribution >= 4 is 0 Å². The number of hydrogen-bond donors (Lipinski definition) is 1. The Balaban J connectivity index is 2.12. The van der Waals surface area contributed by atoms with E-state index >= 15 is 0 Å². The maximum absolute atomic E-state index is 5.26. The van der Waals surface area contributed by atoms with Gasteiger partial charge < -0.3 is 10.1 Å². The van der Waals surface area contributed by atoms with Crippen LogP contribution in [0.4, 0.5) is 0 Å². The molecule has 1 heterocycles. The van der Waals surface area contributed by atoms with Gasteiger partial charge in [0.2, 0.25) is 0 Å². The first-order valence-corrected chi connectivity index (χ1v) is 5.52. The van der Waals surface area contributed by atoms with Gasteiger partial charge in [0.1, 0.15) is 0 Å². The van der Waals surface area contributed by atoms with Crippen LogP contribution in [0.3, 0.4) is 0 Å². The highest BCUT2D eigenvalue weighted by Gasteiger charge is 1.96. The van der Waals surface area contributed by atoms with Gasteiger partial charge in [0, 0.05) is 32.2 Å². The molecule has 0 atom stereocenters. The topological polar surface area (TPSA) is 34.1 Å². The Morgan fingerprint density at radius 3 is 3.07 bits per heavy atom. The zero-order valence-corrected chi connectivity index (χ0v) is 9.62. The molecule has 1 rings (SSSR count). The fraction of sp³-hybridized carbons (Fsp3) is 0.583. The second kappa shape index (κ2) is 7.37. The highest BCUT2D eigenvalue weighted by Crippen LogP contribution is 2.03. The molecule has 0 aromatic carbocycles. The number of aryl methyl sites for hydroxylation is 1. The van der Waals surface area contributed by atoms with E-state index in [9.17, 15) is 0 Å². The third kappa shape index (κ3) is 4.91. The minimum absolute atomic E-state index is 0.809. The Morgan fingerprint density at radius 1 is 1.47 bits per heavy atom. The summed E-state index contributed by atoms with van der Waals surface area (Å²) in [6.07, 6.45) is 4.80. The molecule has 3 nitrogen and oxygen atoms in total. The average molecular weight is 208 g/mol. The van der Waals surface area contributed by atoms with Crippen LogP contribution in [0.5, 0.6) is 0 Å². The lowest BCUT2D eigenvalue weighted by molar-refractivity contribution is 0.144. The average Bonchev–Trinajstić information content (AvgIpc) is 2.25. The molecule has 1 N–H and O–H groups in total. The van der Waals surface area contributed by atoms with Crippen molar-refractivity contribution < 1.29 is 4.74 Å². The molecule has 0 radical (unpaired) electrons. The molecular formula is C12H20N2O. The van der Waals surface area contributed by atoms with Crippen molar-refractivity contribution in [2.75, 3.05) is 19.8 Å². The third-order valence-electron chi connectivity index (χ3n) is 2.30. The molecule has 0 aliphatic heterocycles. The van der Waals surface area contributed by atoms with E-state index in [4.69, 9.17) is 4.74 Å². The van der Waals surface area contributed by atoms with Crippen molar-refractivity contribution in [3.63, 3.8) is 0 Å². The van der Waals surface area contributed by atoms with Crippen LogP contribution in [0.25, 0.3) is 0 Å². The number of nitrogens with one attached hydrogen (secondary N) is 1. The van der Waals surface area contributed by atoms with Crippen LogP contribution in [-0.2, 0) is 11.3 Å². The number of pyridine rings is 1. The second-order valence-corrected chi connectivity index (χ2v) is 3.53. The molecular weight excluding hydrogens is 188 g/mol. The molecule has 0 amide bonds. The summed E-state index contributed by atoms with van der Waals surface area (Å²) in [7, 11) is 0. The van der Waals surface area contributed by atoms with Crippen LogP contribution in [0.1, 0.15) is 24.5 Å². The van der Waals surface area contributed by atoms with E-state index in [1.165, 1.54) is 11.1 Å². The lowest BCUT2D eigenvalue weighted by Gasteiger charge is -2.07. The Labute approximate surface area is 91.9 Å². The Bertz CT molecular complexity index is 276. The molecule has 0 bridgehead atoms. The number of hydrogen-bond acceptors (Lipinski definition) is 3. The molecule has 0 saturated heterocycles. The lowest BCUT2D eigenvalue weighted by atomic mass is 10.1. The summed E-state index contributed by atoms with van der Waals surface area (Å²) >= 11 is 0. The Morgan fingerprint density at radius 2 is 2.33 bits per heavy atom. The molecule has 1 aromatic heterocycles. The fourth-order valence-corrected chi connectivity index (χ4v) is 1.37. The molecule has 0 spiro atoms. The zero-order valence-electron chi connectivity index (χ0n) is 9.62. The summed E-state index contributed by atoms with van der Waals surface area (Å²) in [4.78, 5) is 4.07. The van der Waals surface area contributed by atoms with Crippen LogP contribution in [0.2, 0.25) is 0 Å². The largest absolute Gasteiger partial charge is 0.382 e. The monoisotopic (exact) mass is 208 g/mol. The number of nitrogens with zero attached hydrogens (tertiary/aromatic N) is 1. The highest BCUT2D eigenvalue weighted by atomic mass is 16.5. The lowest BCUT2D eigenvalue weighted by Crippen LogP contribution is -2.17. The third-order valence-corrected chi connectivity index (χ3v) is 2.30. The van der Waals surface area contributed by atoms with Crippen LogP contribution < -0.4 is 5.32 Å². The maximum Gasteiger partial charge on any atom is 0.0477 e. The van der Waals surface area contributed by atoms with Gasteiger partial charge in [-0.05, 0) is 44.0 Å². The van der Waals surface area contributed by atoms with Crippen LogP contribution >= 0.6 is 0 Å². The second-order valence-electron chi connectivity index (χ2n) is 3.53. The van der Waals surface area contributed by atoms with Crippen molar-refractivity contribution in [1.29, 1.82) is 0 Å². The SMILES string of the molecule is CCOCCCNCc1ccncc1C. The zero-order chi connectivity index (χ0) is 10.9. The van der Waals surface area contributed by atoms with Crippen molar-refractivity contribution in [3.05, 3.63) is 29.6 Å². The first-order valence-electron chi connectivity index (χ1n) is 5.52. The van der Waals surface area contributed by atoms with Crippen molar-refractivity contribution in [2.24, 2.45) is 0 Å². The Kier molecular flexibility index (Phi) is 5.97. The standard InChI is InChI=1S/C12H20N2O/c1-3-15-8-4-6-13-10-12-5-7-14-9-11(12)2/h5,7,9,13H,3-4,6,8,10H2,1-2H3. The normalized spacial score (nSPS) is 10.5. The molecule has 0 saturated carbocycles. The molecule has 0 aliphatic carbocycles. The van der Waals surface area contributed by atoms with E-state index in [1.807, 2.05) is 19.3 Å². The van der Waals surface area contributed by atoms with Crippen molar-refractivity contribution in [3.8, 4) is 0 Å². The summed E-state index contributed by atoms with van der Waals surface area (Å²) in [5.74, 6) is 0. The van der Waals surface area contributed by atoms with E-state index in [0.717, 1.165) is 32.7 Å². The quantitative estimate of drug-likeness (QED) is 0.695. The van der Waals surface area contributed by atoms with E-state index in [1.54, 1.807) is 0 Å². The van der Waals surface area contributed by atoms with Gasteiger partial charge in [-0.2, -0.15) is 0 Å². The van der Waals surface area contributed by atoms with E-state index in [2.05, 4.69) is 23.3 Å². The maximum atomic E-state index is 5.26. The molecule has 3 heteroatoms. The molecule has 15 heavy (non-hydrogen) atoms. The summed E-state index contributed by atoms with van der Waals surface area (Å²) in [5.41, 5.74) is 2.57. The fourth-order valence-electron chi connectivity index (χ4n) is 1.37. The predicted molar refractivity (Wildman–Crippen MR) is 61.8 cm³/mol.